The molecule has 0 spiro atoms. The summed E-state index contributed by atoms with van der Waals surface area (Å²) in [5.41, 5.74) is 1.80. The molecule has 0 saturated carbocycles. The van der Waals surface area contributed by atoms with E-state index in [1.54, 1.807) is 12.4 Å². The van der Waals surface area contributed by atoms with Gasteiger partial charge in [-0.25, -0.2) is 0 Å². The molecule has 0 aromatic carbocycles. The van der Waals surface area contributed by atoms with Gasteiger partial charge in [-0.3, -0.25) is 4.98 Å². The Morgan fingerprint density at radius 2 is 2.38 bits per heavy atom. The predicted molar refractivity (Wildman–Crippen MR) is 72.2 cm³/mol. The molecule has 1 heterocycles. The maximum Gasteiger partial charge on any atom is 0.133 e. The van der Waals surface area contributed by atoms with Crippen LogP contribution in [0, 0.1) is 6.92 Å². The van der Waals surface area contributed by atoms with Crippen LogP contribution in [0.15, 0.2) is 21.1 Å². The zero-order valence-electron chi connectivity index (χ0n) is 9.44. The third-order valence-electron chi connectivity index (χ3n) is 1.97. The van der Waals surface area contributed by atoms with E-state index in [2.05, 4.69) is 32.2 Å². The van der Waals surface area contributed by atoms with Gasteiger partial charge in [0.2, 0.25) is 0 Å². The highest BCUT2D eigenvalue weighted by atomic mass is 79.9. The van der Waals surface area contributed by atoms with Crippen molar-refractivity contribution in [2.75, 3.05) is 5.75 Å². The van der Waals surface area contributed by atoms with Crippen molar-refractivity contribution < 1.29 is 4.55 Å². The van der Waals surface area contributed by atoms with Crippen LogP contribution in [-0.2, 0) is 11.4 Å². The van der Waals surface area contributed by atoms with E-state index in [4.69, 9.17) is 0 Å². The standard InChI is InChI=1S/C11H15BrN2OS/c1-3-4-5-16(15)14-8-11-10(12)6-9(2)7-13-11/h6-8H,3-5H2,1-2H3/b14-8-/t16-/m0/s1. The molecular formula is C11H15BrN2OS. The van der Waals surface area contributed by atoms with E-state index < -0.39 is 11.4 Å². The van der Waals surface area contributed by atoms with Crippen molar-refractivity contribution in [3.63, 3.8) is 0 Å². The van der Waals surface area contributed by atoms with Gasteiger partial charge in [0, 0.05) is 10.7 Å². The monoisotopic (exact) mass is 302 g/mol. The molecule has 3 nitrogen and oxygen atoms in total. The smallest absolute Gasteiger partial charge is 0.133 e. The number of rotatable bonds is 5. The van der Waals surface area contributed by atoms with Crippen LogP contribution in [0.4, 0.5) is 0 Å². The minimum Gasteiger partial charge on any atom is -0.591 e. The molecule has 0 unspecified atom stereocenters. The van der Waals surface area contributed by atoms with E-state index in [9.17, 15) is 4.55 Å². The predicted octanol–water partition coefficient (Wildman–Crippen LogP) is 3.04. The van der Waals surface area contributed by atoms with Gasteiger partial charge in [-0.15, -0.1) is 0 Å². The fourth-order valence-corrected chi connectivity index (χ4v) is 2.49. The summed E-state index contributed by atoms with van der Waals surface area (Å²) in [7, 11) is 0. The Balaban J connectivity index is 2.61. The molecule has 0 bridgehead atoms. The molecule has 1 aromatic rings. The number of unbranched alkanes of at least 4 members (excludes halogenated alkanes) is 1. The lowest BCUT2D eigenvalue weighted by Crippen LogP contribution is -2.03. The largest absolute Gasteiger partial charge is 0.591 e. The van der Waals surface area contributed by atoms with Crippen LogP contribution < -0.4 is 0 Å². The van der Waals surface area contributed by atoms with Crippen molar-refractivity contribution >= 4 is 33.5 Å². The van der Waals surface area contributed by atoms with Crippen molar-refractivity contribution in [3.8, 4) is 0 Å². The molecule has 0 N–H and O–H groups in total. The third kappa shape index (κ3) is 4.63. The van der Waals surface area contributed by atoms with Crippen LogP contribution in [0.5, 0.6) is 0 Å². The SMILES string of the molecule is CCCC[S@+]([O-])/N=C\c1ncc(C)cc1Br. The summed E-state index contributed by atoms with van der Waals surface area (Å²) < 4.78 is 16.3. The van der Waals surface area contributed by atoms with Gasteiger partial charge in [0.05, 0.1) is 17.1 Å². The summed E-state index contributed by atoms with van der Waals surface area (Å²) in [6.07, 6.45) is 5.30. The van der Waals surface area contributed by atoms with E-state index in [-0.39, 0.29) is 0 Å². The van der Waals surface area contributed by atoms with E-state index in [1.165, 1.54) is 0 Å². The maximum absolute atomic E-state index is 11.4. The Labute approximate surface area is 108 Å². The van der Waals surface area contributed by atoms with Gasteiger partial charge < -0.3 is 4.55 Å². The fourth-order valence-electron chi connectivity index (χ4n) is 1.07. The number of halogens is 1. The molecule has 0 aliphatic carbocycles. The normalized spacial score (nSPS) is 13.2. The Hall–Kier alpha value is -0.390. The highest BCUT2D eigenvalue weighted by Crippen LogP contribution is 2.14. The maximum atomic E-state index is 11.4. The molecule has 1 rings (SSSR count). The highest BCUT2D eigenvalue weighted by Gasteiger charge is 2.04. The number of nitrogens with zero attached hydrogens (tertiary/aromatic N) is 2. The summed E-state index contributed by atoms with van der Waals surface area (Å²) in [5.74, 6) is 0.622. The van der Waals surface area contributed by atoms with Gasteiger partial charge in [0.25, 0.3) is 0 Å². The number of pyridine rings is 1. The molecule has 0 saturated heterocycles. The number of hydrogen-bond acceptors (Lipinski definition) is 3. The quantitative estimate of drug-likeness (QED) is 0.620. The topological polar surface area (TPSA) is 48.3 Å². The van der Waals surface area contributed by atoms with Crippen LogP contribution in [-0.4, -0.2) is 21.5 Å². The molecule has 0 amide bonds. The first kappa shape index (κ1) is 13.7. The summed E-state index contributed by atoms with van der Waals surface area (Å²) >= 11 is 2.27. The van der Waals surface area contributed by atoms with Crippen LogP contribution >= 0.6 is 15.9 Å². The van der Waals surface area contributed by atoms with Crippen molar-refractivity contribution in [1.82, 2.24) is 4.98 Å². The first-order valence-electron chi connectivity index (χ1n) is 5.18. The van der Waals surface area contributed by atoms with E-state index in [0.717, 1.165) is 28.6 Å². The van der Waals surface area contributed by atoms with Crippen molar-refractivity contribution in [2.45, 2.75) is 26.7 Å². The van der Waals surface area contributed by atoms with E-state index >= 15 is 0 Å². The van der Waals surface area contributed by atoms with Crippen LogP contribution in [0.2, 0.25) is 0 Å². The lowest BCUT2D eigenvalue weighted by Gasteiger charge is -2.02. The molecule has 1 aromatic heterocycles. The van der Waals surface area contributed by atoms with Crippen molar-refractivity contribution in [2.24, 2.45) is 4.40 Å². The summed E-state index contributed by atoms with van der Waals surface area (Å²) in [5, 5.41) is 0. The molecule has 0 radical (unpaired) electrons. The summed E-state index contributed by atoms with van der Waals surface area (Å²) in [4.78, 5) is 4.20. The average molecular weight is 303 g/mol. The summed E-state index contributed by atoms with van der Waals surface area (Å²) in [6, 6.07) is 1.96. The van der Waals surface area contributed by atoms with Gasteiger partial charge in [0.1, 0.15) is 12.0 Å². The highest BCUT2D eigenvalue weighted by molar-refractivity contribution is 9.10. The molecule has 88 valence electrons. The van der Waals surface area contributed by atoms with Crippen LogP contribution in [0.25, 0.3) is 0 Å². The van der Waals surface area contributed by atoms with Crippen LogP contribution in [0.1, 0.15) is 31.0 Å². The molecule has 16 heavy (non-hydrogen) atoms. The molecule has 5 heteroatoms. The zero-order valence-corrected chi connectivity index (χ0v) is 11.8. The third-order valence-corrected chi connectivity index (χ3v) is 3.59. The van der Waals surface area contributed by atoms with Gasteiger partial charge >= 0.3 is 0 Å². The Morgan fingerprint density at radius 3 is 3.00 bits per heavy atom. The van der Waals surface area contributed by atoms with Crippen LogP contribution in [0.3, 0.4) is 0 Å². The number of hydrogen-bond donors (Lipinski definition) is 0. The van der Waals surface area contributed by atoms with E-state index in [0.29, 0.717) is 5.75 Å². The first-order valence-corrected chi connectivity index (χ1v) is 7.25. The lowest BCUT2D eigenvalue weighted by molar-refractivity contribution is 0.594. The second-order valence-corrected chi connectivity index (χ2v) is 5.61. The molecule has 1 atom stereocenters. The first-order chi connectivity index (χ1) is 7.63. The Bertz CT molecular complexity index is 371. The second-order valence-electron chi connectivity index (χ2n) is 3.49. The zero-order chi connectivity index (χ0) is 12.0. The van der Waals surface area contributed by atoms with Gasteiger partial charge in [0.15, 0.2) is 0 Å². The number of aromatic nitrogens is 1. The molecule has 0 aliphatic heterocycles. The summed E-state index contributed by atoms with van der Waals surface area (Å²) in [6.45, 7) is 4.04. The van der Waals surface area contributed by atoms with Gasteiger partial charge in [-0.05, 0) is 40.9 Å². The lowest BCUT2D eigenvalue weighted by atomic mass is 10.3. The minimum absolute atomic E-state index is 0.622. The van der Waals surface area contributed by atoms with E-state index in [1.807, 2.05) is 13.0 Å². The van der Waals surface area contributed by atoms with Gasteiger partial charge in [-0.1, -0.05) is 17.7 Å². The minimum atomic E-state index is -1.13. The fraction of sp³-hybridized carbons (Fsp3) is 0.455. The van der Waals surface area contributed by atoms with Gasteiger partial charge in [-0.2, -0.15) is 0 Å². The molecule has 0 aliphatic rings. The average Bonchev–Trinajstić information content (AvgIpc) is 2.25. The number of aryl methyl sites for hydroxylation is 1. The second kappa shape index (κ2) is 7.04. The van der Waals surface area contributed by atoms with Crippen molar-refractivity contribution in [3.05, 3.63) is 28.0 Å². The molecule has 0 fully saturated rings. The Morgan fingerprint density at radius 1 is 1.62 bits per heavy atom. The molecular weight excluding hydrogens is 288 g/mol. The Kier molecular flexibility index (Phi) is 6.01. The van der Waals surface area contributed by atoms with Crippen molar-refractivity contribution in [1.29, 1.82) is 0 Å².